The summed E-state index contributed by atoms with van der Waals surface area (Å²) < 4.78 is 15.8. The van der Waals surface area contributed by atoms with Crippen LogP contribution >= 0.6 is 11.3 Å². The average Bonchev–Trinajstić information content (AvgIpc) is 2.92. The first-order chi connectivity index (χ1) is 10.7. The van der Waals surface area contributed by atoms with Crippen molar-refractivity contribution in [2.45, 2.75) is 6.54 Å². The molecule has 0 aliphatic carbocycles. The molecule has 4 nitrogen and oxygen atoms in total. The molecule has 4 aromatic rings. The van der Waals surface area contributed by atoms with Crippen LogP contribution in [0.4, 0.5) is 4.39 Å². The minimum atomic E-state index is -0.400. The van der Waals surface area contributed by atoms with Gasteiger partial charge in [-0.15, -0.1) is 11.3 Å². The SMILES string of the molecule is O=c1c2ccc(F)cc2ncn1Cc1nc2ccccc2s1. The van der Waals surface area contributed by atoms with Gasteiger partial charge in [0.05, 0.1) is 34.0 Å². The van der Waals surface area contributed by atoms with Crippen LogP contribution in [0, 0.1) is 5.82 Å². The predicted octanol–water partition coefficient (Wildman–Crippen LogP) is 3.19. The van der Waals surface area contributed by atoms with E-state index >= 15 is 0 Å². The number of rotatable bonds is 2. The van der Waals surface area contributed by atoms with Crippen molar-refractivity contribution < 1.29 is 4.39 Å². The predicted molar refractivity (Wildman–Crippen MR) is 84.7 cm³/mol. The van der Waals surface area contributed by atoms with Crippen LogP contribution in [0.2, 0.25) is 0 Å². The fraction of sp³-hybridized carbons (Fsp3) is 0.0625. The van der Waals surface area contributed by atoms with E-state index in [1.165, 1.54) is 29.1 Å². The molecule has 0 fully saturated rings. The van der Waals surface area contributed by atoms with Crippen LogP contribution in [0.3, 0.4) is 0 Å². The number of benzene rings is 2. The summed E-state index contributed by atoms with van der Waals surface area (Å²) >= 11 is 1.55. The summed E-state index contributed by atoms with van der Waals surface area (Å²) in [5.41, 5.74) is 1.10. The Morgan fingerprint density at radius 3 is 2.86 bits per heavy atom. The molecule has 0 saturated heterocycles. The molecule has 0 aliphatic rings. The van der Waals surface area contributed by atoms with Crippen LogP contribution in [-0.2, 0) is 6.54 Å². The van der Waals surface area contributed by atoms with E-state index in [1.807, 2.05) is 24.3 Å². The minimum Gasteiger partial charge on any atom is -0.292 e. The zero-order chi connectivity index (χ0) is 15.1. The highest BCUT2D eigenvalue weighted by molar-refractivity contribution is 7.18. The molecule has 2 aromatic heterocycles. The number of nitrogens with zero attached hydrogens (tertiary/aromatic N) is 3. The Labute approximate surface area is 128 Å². The minimum absolute atomic E-state index is 0.191. The molecule has 0 bridgehead atoms. The summed E-state index contributed by atoms with van der Waals surface area (Å²) in [4.78, 5) is 21.1. The maximum absolute atomic E-state index is 13.2. The van der Waals surface area contributed by atoms with E-state index in [0.717, 1.165) is 15.2 Å². The van der Waals surface area contributed by atoms with Crippen LogP contribution in [0.5, 0.6) is 0 Å². The Morgan fingerprint density at radius 2 is 2.00 bits per heavy atom. The fourth-order valence-electron chi connectivity index (χ4n) is 2.38. The highest BCUT2D eigenvalue weighted by Gasteiger charge is 2.08. The zero-order valence-corrected chi connectivity index (χ0v) is 12.2. The summed E-state index contributed by atoms with van der Waals surface area (Å²) in [5.74, 6) is -0.400. The quantitative estimate of drug-likeness (QED) is 0.571. The first-order valence-electron chi connectivity index (χ1n) is 6.70. The van der Waals surface area contributed by atoms with Crippen molar-refractivity contribution in [3.05, 3.63) is 70.0 Å². The van der Waals surface area contributed by atoms with Gasteiger partial charge in [0, 0.05) is 6.07 Å². The highest BCUT2D eigenvalue weighted by atomic mass is 32.1. The van der Waals surface area contributed by atoms with Gasteiger partial charge in [-0.05, 0) is 24.3 Å². The molecule has 4 rings (SSSR count). The average molecular weight is 311 g/mol. The van der Waals surface area contributed by atoms with E-state index < -0.39 is 5.82 Å². The Morgan fingerprint density at radius 1 is 1.14 bits per heavy atom. The molecule has 0 saturated carbocycles. The lowest BCUT2D eigenvalue weighted by atomic mass is 10.2. The maximum Gasteiger partial charge on any atom is 0.261 e. The number of thiazole rings is 1. The van der Waals surface area contributed by atoms with Gasteiger partial charge in [0.2, 0.25) is 0 Å². The number of hydrogen-bond acceptors (Lipinski definition) is 4. The third-order valence-corrected chi connectivity index (χ3v) is 4.45. The van der Waals surface area contributed by atoms with Crippen molar-refractivity contribution in [3.63, 3.8) is 0 Å². The van der Waals surface area contributed by atoms with E-state index in [1.54, 1.807) is 11.3 Å². The van der Waals surface area contributed by atoms with E-state index in [9.17, 15) is 9.18 Å². The van der Waals surface area contributed by atoms with Crippen molar-refractivity contribution in [1.29, 1.82) is 0 Å². The molecule has 2 heterocycles. The summed E-state index contributed by atoms with van der Waals surface area (Å²) in [6.07, 6.45) is 1.44. The third-order valence-electron chi connectivity index (χ3n) is 3.43. The van der Waals surface area contributed by atoms with Crippen molar-refractivity contribution in [3.8, 4) is 0 Å². The smallest absolute Gasteiger partial charge is 0.261 e. The first-order valence-corrected chi connectivity index (χ1v) is 7.51. The topological polar surface area (TPSA) is 47.8 Å². The van der Waals surface area contributed by atoms with E-state index in [0.29, 0.717) is 17.4 Å². The molecule has 2 aromatic carbocycles. The number of aromatic nitrogens is 3. The van der Waals surface area contributed by atoms with Gasteiger partial charge in [-0.1, -0.05) is 12.1 Å². The number of hydrogen-bond donors (Lipinski definition) is 0. The molecule has 0 radical (unpaired) electrons. The van der Waals surface area contributed by atoms with Crippen molar-refractivity contribution >= 4 is 32.5 Å². The lowest BCUT2D eigenvalue weighted by molar-refractivity contribution is 0.629. The summed E-state index contributed by atoms with van der Waals surface area (Å²) in [5, 5.41) is 1.25. The molecular formula is C16H10FN3OS. The van der Waals surface area contributed by atoms with Crippen LogP contribution in [0.15, 0.2) is 53.6 Å². The first kappa shape index (κ1) is 13.1. The van der Waals surface area contributed by atoms with Crippen molar-refractivity contribution in [1.82, 2.24) is 14.5 Å². The Balaban J connectivity index is 1.79. The lowest BCUT2D eigenvalue weighted by Gasteiger charge is -2.04. The van der Waals surface area contributed by atoms with E-state index in [2.05, 4.69) is 9.97 Å². The van der Waals surface area contributed by atoms with Gasteiger partial charge in [0.15, 0.2) is 0 Å². The summed E-state index contributed by atoms with van der Waals surface area (Å²) in [7, 11) is 0. The van der Waals surface area contributed by atoms with Crippen LogP contribution < -0.4 is 5.56 Å². The number of para-hydroxylation sites is 1. The molecule has 0 atom stereocenters. The van der Waals surface area contributed by atoms with Crippen LogP contribution in [-0.4, -0.2) is 14.5 Å². The Hall–Kier alpha value is -2.60. The Bertz CT molecular complexity index is 1020. The second-order valence-electron chi connectivity index (χ2n) is 4.91. The highest BCUT2D eigenvalue weighted by Crippen LogP contribution is 2.22. The zero-order valence-electron chi connectivity index (χ0n) is 11.4. The van der Waals surface area contributed by atoms with Gasteiger partial charge in [-0.2, -0.15) is 0 Å². The molecule has 108 valence electrons. The second kappa shape index (κ2) is 4.99. The molecule has 0 aliphatic heterocycles. The number of halogens is 1. The lowest BCUT2D eigenvalue weighted by Crippen LogP contribution is -2.21. The van der Waals surface area contributed by atoms with Gasteiger partial charge >= 0.3 is 0 Å². The maximum atomic E-state index is 13.2. The largest absolute Gasteiger partial charge is 0.292 e. The van der Waals surface area contributed by atoms with Gasteiger partial charge in [-0.3, -0.25) is 9.36 Å². The number of fused-ring (bicyclic) bond motifs is 2. The Kier molecular flexibility index (Phi) is 2.97. The standard InChI is InChI=1S/C16H10FN3OS/c17-10-5-6-11-13(7-10)18-9-20(16(11)21)8-15-19-12-3-1-2-4-14(12)22-15/h1-7,9H,8H2. The molecule has 0 unspecified atom stereocenters. The van der Waals surface area contributed by atoms with Crippen LogP contribution in [0.25, 0.3) is 21.1 Å². The summed E-state index contributed by atoms with van der Waals surface area (Å²) in [6.45, 7) is 0.360. The normalized spacial score (nSPS) is 11.3. The molecule has 0 N–H and O–H groups in total. The van der Waals surface area contributed by atoms with Crippen LogP contribution in [0.1, 0.15) is 5.01 Å². The van der Waals surface area contributed by atoms with Gasteiger partial charge in [-0.25, -0.2) is 14.4 Å². The molecule has 6 heteroatoms. The van der Waals surface area contributed by atoms with Crippen molar-refractivity contribution in [2.24, 2.45) is 0 Å². The monoisotopic (exact) mass is 311 g/mol. The fourth-order valence-corrected chi connectivity index (χ4v) is 3.34. The molecule has 0 amide bonds. The second-order valence-corrected chi connectivity index (χ2v) is 6.03. The van der Waals surface area contributed by atoms with Gasteiger partial charge in [0.1, 0.15) is 10.8 Å². The molecular weight excluding hydrogens is 301 g/mol. The molecule has 22 heavy (non-hydrogen) atoms. The van der Waals surface area contributed by atoms with E-state index in [-0.39, 0.29) is 5.56 Å². The third kappa shape index (κ3) is 2.17. The van der Waals surface area contributed by atoms with Gasteiger partial charge < -0.3 is 0 Å². The van der Waals surface area contributed by atoms with Crippen molar-refractivity contribution in [2.75, 3.05) is 0 Å². The van der Waals surface area contributed by atoms with Gasteiger partial charge in [0.25, 0.3) is 5.56 Å². The summed E-state index contributed by atoms with van der Waals surface area (Å²) in [6, 6.07) is 11.8. The molecule has 0 spiro atoms. The van der Waals surface area contributed by atoms with E-state index in [4.69, 9.17) is 0 Å².